The Kier molecular flexibility index (Phi) is 6.68. The first-order valence-electron chi connectivity index (χ1n) is 6.99. The van der Waals surface area contributed by atoms with Crippen molar-refractivity contribution in [2.45, 2.75) is 25.4 Å². The fourth-order valence-electron chi connectivity index (χ4n) is 1.98. The van der Waals surface area contributed by atoms with Crippen molar-refractivity contribution in [2.75, 3.05) is 13.7 Å². The highest BCUT2D eigenvalue weighted by Gasteiger charge is 2.28. The minimum atomic E-state index is -0.714. The van der Waals surface area contributed by atoms with Gasteiger partial charge in [-0.2, -0.15) is 0 Å². The normalized spacial score (nSPS) is 12.3. The zero-order chi connectivity index (χ0) is 16.2. The van der Waals surface area contributed by atoms with E-state index < -0.39 is 11.6 Å². The molecule has 0 spiro atoms. The van der Waals surface area contributed by atoms with Gasteiger partial charge in [-0.3, -0.25) is 4.79 Å². The predicted molar refractivity (Wildman–Crippen MR) is 89.6 cm³/mol. The Labute approximate surface area is 141 Å². The molecule has 2 aromatic rings. The average molecular weight is 340 g/mol. The van der Waals surface area contributed by atoms with Crippen molar-refractivity contribution < 1.29 is 9.53 Å². The van der Waals surface area contributed by atoms with Gasteiger partial charge in [0.15, 0.2) is 0 Å². The summed E-state index contributed by atoms with van der Waals surface area (Å²) in [6.07, 6.45) is 1.79. The maximum Gasteiger partial charge on any atom is 0.240 e. The van der Waals surface area contributed by atoms with Crippen LogP contribution >= 0.6 is 12.4 Å². The highest BCUT2D eigenvalue weighted by atomic mass is 35.5. The molecule has 3 N–H and O–H groups in total. The van der Waals surface area contributed by atoms with Crippen LogP contribution in [0.4, 0.5) is 0 Å². The zero-order valence-corrected chi connectivity index (χ0v) is 14.2. The average Bonchev–Trinajstić information content (AvgIpc) is 2.98. The second-order valence-corrected chi connectivity index (χ2v) is 5.56. The SMILES string of the molecule is COCC(N)C(=O)NC(C)(C)c1cn(-c2ccccc2)nn1.Cl. The number of benzene rings is 1. The van der Waals surface area contributed by atoms with Gasteiger partial charge >= 0.3 is 0 Å². The quantitative estimate of drug-likeness (QED) is 0.819. The van der Waals surface area contributed by atoms with Crippen LogP contribution in [0, 0.1) is 0 Å². The second kappa shape index (κ2) is 8.05. The molecule has 1 amide bonds. The molecule has 23 heavy (non-hydrogen) atoms. The fraction of sp³-hybridized carbons (Fsp3) is 0.400. The number of nitrogens with one attached hydrogen (secondary N) is 1. The minimum absolute atomic E-state index is 0. The van der Waals surface area contributed by atoms with E-state index in [4.69, 9.17) is 10.5 Å². The second-order valence-electron chi connectivity index (χ2n) is 5.56. The molecule has 126 valence electrons. The molecule has 8 heteroatoms. The van der Waals surface area contributed by atoms with Crippen molar-refractivity contribution in [3.63, 3.8) is 0 Å². The van der Waals surface area contributed by atoms with Crippen LogP contribution in [0.1, 0.15) is 19.5 Å². The third-order valence-electron chi connectivity index (χ3n) is 3.27. The van der Waals surface area contributed by atoms with Crippen LogP contribution in [0.25, 0.3) is 5.69 Å². The minimum Gasteiger partial charge on any atom is -0.383 e. The molecule has 1 aromatic heterocycles. The number of nitrogens with zero attached hydrogens (tertiary/aromatic N) is 3. The molecule has 7 nitrogen and oxygen atoms in total. The van der Waals surface area contributed by atoms with Gasteiger partial charge in [0.2, 0.25) is 5.91 Å². The number of para-hydroxylation sites is 1. The lowest BCUT2D eigenvalue weighted by Crippen LogP contribution is -2.50. The Balaban J connectivity index is 0.00000264. The summed E-state index contributed by atoms with van der Waals surface area (Å²) in [5.41, 5.74) is 6.60. The number of carbonyl (C=O) groups is 1. The number of methoxy groups -OCH3 is 1. The van der Waals surface area contributed by atoms with Crippen LogP contribution in [-0.4, -0.2) is 40.7 Å². The van der Waals surface area contributed by atoms with Crippen molar-refractivity contribution in [3.8, 4) is 5.69 Å². The Morgan fingerprint density at radius 2 is 2.04 bits per heavy atom. The summed E-state index contributed by atoms with van der Waals surface area (Å²) in [6.45, 7) is 3.87. The highest BCUT2D eigenvalue weighted by molar-refractivity contribution is 5.85. The summed E-state index contributed by atoms with van der Waals surface area (Å²) in [4.78, 5) is 12.0. The van der Waals surface area contributed by atoms with E-state index >= 15 is 0 Å². The van der Waals surface area contributed by atoms with Crippen molar-refractivity contribution in [1.82, 2.24) is 20.3 Å². The molecule has 1 aromatic carbocycles. The van der Waals surface area contributed by atoms with Crippen LogP contribution in [0.15, 0.2) is 36.5 Å². The van der Waals surface area contributed by atoms with E-state index in [1.165, 1.54) is 7.11 Å². The van der Waals surface area contributed by atoms with Crippen LogP contribution in [-0.2, 0) is 15.1 Å². The first kappa shape index (κ1) is 19.1. The van der Waals surface area contributed by atoms with Crippen molar-refractivity contribution in [3.05, 3.63) is 42.2 Å². The first-order valence-corrected chi connectivity index (χ1v) is 6.99. The van der Waals surface area contributed by atoms with Gasteiger partial charge in [0.1, 0.15) is 11.7 Å². The number of hydrogen-bond acceptors (Lipinski definition) is 5. The number of carbonyl (C=O) groups excluding carboxylic acids is 1. The number of halogens is 1. The first-order chi connectivity index (χ1) is 10.4. The molecule has 0 saturated heterocycles. The predicted octanol–water partition coefficient (Wildman–Crippen LogP) is 1.01. The number of nitrogens with two attached hydrogens (primary N) is 1. The molecule has 0 bridgehead atoms. The van der Waals surface area contributed by atoms with Crippen molar-refractivity contribution in [1.29, 1.82) is 0 Å². The summed E-state index contributed by atoms with van der Waals surface area (Å²) in [5.74, 6) is -0.291. The zero-order valence-electron chi connectivity index (χ0n) is 13.4. The standard InChI is InChI=1S/C15H21N5O2.ClH/c1-15(2,17-14(21)12(16)10-22-3)13-9-20(19-18-13)11-7-5-4-6-8-11;/h4-9,12H,10,16H2,1-3H3,(H,17,21);1H. The Morgan fingerprint density at radius 1 is 1.39 bits per heavy atom. The van der Waals surface area contributed by atoms with E-state index in [9.17, 15) is 4.79 Å². The third-order valence-corrected chi connectivity index (χ3v) is 3.27. The summed E-state index contributed by atoms with van der Waals surface area (Å²) < 4.78 is 6.55. The van der Waals surface area contributed by atoms with Gasteiger partial charge < -0.3 is 15.8 Å². The van der Waals surface area contributed by atoms with Gasteiger partial charge in [-0.15, -0.1) is 17.5 Å². The lowest BCUT2D eigenvalue weighted by molar-refractivity contribution is -0.125. The monoisotopic (exact) mass is 339 g/mol. The largest absolute Gasteiger partial charge is 0.383 e. The fourth-order valence-corrected chi connectivity index (χ4v) is 1.98. The Hall–Kier alpha value is -1.96. The summed E-state index contributed by atoms with van der Waals surface area (Å²) in [5, 5.41) is 11.1. The molecule has 0 aliphatic rings. The van der Waals surface area contributed by atoms with Gasteiger partial charge in [0.05, 0.1) is 24.0 Å². The van der Waals surface area contributed by atoms with Gasteiger partial charge in [0.25, 0.3) is 0 Å². The molecular weight excluding hydrogens is 318 g/mol. The third kappa shape index (κ3) is 4.75. The molecular formula is C15H22ClN5O2. The van der Waals surface area contributed by atoms with Crippen LogP contribution in [0.5, 0.6) is 0 Å². The van der Waals surface area contributed by atoms with E-state index in [0.717, 1.165) is 5.69 Å². The van der Waals surface area contributed by atoms with Gasteiger partial charge in [-0.25, -0.2) is 4.68 Å². The Morgan fingerprint density at radius 3 is 2.65 bits per heavy atom. The summed E-state index contributed by atoms with van der Waals surface area (Å²) in [7, 11) is 1.50. The van der Waals surface area contributed by atoms with Gasteiger partial charge in [-0.05, 0) is 26.0 Å². The van der Waals surface area contributed by atoms with Crippen LogP contribution < -0.4 is 11.1 Å². The maximum absolute atomic E-state index is 12.0. The number of hydrogen-bond donors (Lipinski definition) is 2. The lowest BCUT2D eigenvalue weighted by Gasteiger charge is -2.25. The topological polar surface area (TPSA) is 95.1 Å². The Bertz CT molecular complexity index is 630. The molecule has 2 rings (SSSR count). The van der Waals surface area contributed by atoms with E-state index in [0.29, 0.717) is 5.69 Å². The van der Waals surface area contributed by atoms with E-state index in [-0.39, 0.29) is 24.9 Å². The molecule has 0 aliphatic heterocycles. The van der Waals surface area contributed by atoms with Gasteiger partial charge in [0, 0.05) is 7.11 Å². The molecule has 0 saturated carbocycles. The van der Waals surface area contributed by atoms with Crippen molar-refractivity contribution >= 4 is 18.3 Å². The lowest BCUT2D eigenvalue weighted by atomic mass is 10.0. The highest BCUT2D eigenvalue weighted by Crippen LogP contribution is 2.18. The van der Waals surface area contributed by atoms with E-state index in [1.807, 2.05) is 44.2 Å². The summed E-state index contributed by atoms with van der Waals surface area (Å²) in [6, 6.07) is 8.93. The smallest absolute Gasteiger partial charge is 0.240 e. The number of rotatable bonds is 6. The number of ether oxygens (including phenoxy) is 1. The molecule has 0 fully saturated rings. The van der Waals surface area contributed by atoms with Crippen molar-refractivity contribution in [2.24, 2.45) is 5.73 Å². The summed E-state index contributed by atoms with van der Waals surface area (Å²) >= 11 is 0. The molecule has 1 heterocycles. The van der Waals surface area contributed by atoms with E-state index in [2.05, 4.69) is 15.6 Å². The van der Waals surface area contributed by atoms with Crippen LogP contribution in [0.2, 0.25) is 0 Å². The molecule has 0 radical (unpaired) electrons. The number of amides is 1. The molecule has 1 unspecified atom stereocenters. The number of aromatic nitrogens is 3. The van der Waals surface area contributed by atoms with Crippen LogP contribution in [0.3, 0.4) is 0 Å². The molecule has 1 atom stereocenters. The maximum atomic E-state index is 12.0. The molecule has 0 aliphatic carbocycles. The van der Waals surface area contributed by atoms with Gasteiger partial charge in [-0.1, -0.05) is 23.4 Å². The van der Waals surface area contributed by atoms with E-state index in [1.54, 1.807) is 10.9 Å².